The second kappa shape index (κ2) is 3.01. The molecule has 3 heteroatoms. The number of benzene rings is 1. The first-order valence-electron chi connectivity index (χ1n) is 4.33. The quantitative estimate of drug-likeness (QED) is 0.664. The molecule has 0 unspecified atom stereocenters. The van der Waals surface area contributed by atoms with Crippen molar-refractivity contribution >= 4 is 0 Å². The van der Waals surface area contributed by atoms with E-state index in [2.05, 4.69) is 0 Å². The maximum atomic E-state index is 9.76. The molecule has 3 N–H and O–H groups in total. The van der Waals surface area contributed by atoms with Gasteiger partial charge in [-0.15, -0.1) is 0 Å². The van der Waals surface area contributed by atoms with Crippen LogP contribution in [0.5, 0.6) is 5.75 Å². The highest BCUT2D eigenvalue weighted by molar-refractivity contribution is 5.46. The van der Waals surface area contributed by atoms with Gasteiger partial charge in [-0.25, -0.2) is 0 Å². The molecule has 1 aromatic rings. The Bertz CT molecular complexity index is 325. The molecule has 0 saturated carbocycles. The number of methoxy groups -OCH3 is 1. The van der Waals surface area contributed by atoms with E-state index in [1.54, 1.807) is 7.11 Å². The maximum absolute atomic E-state index is 9.76. The summed E-state index contributed by atoms with van der Waals surface area (Å²) >= 11 is 0. The van der Waals surface area contributed by atoms with Crippen molar-refractivity contribution in [2.24, 2.45) is 5.73 Å². The Labute approximate surface area is 77.1 Å². The molecule has 0 bridgehead atoms. The first-order chi connectivity index (χ1) is 6.24. The first-order valence-corrected chi connectivity index (χ1v) is 4.33. The summed E-state index contributed by atoms with van der Waals surface area (Å²) in [4.78, 5) is 0. The fraction of sp³-hybridized carbons (Fsp3) is 0.400. The molecule has 0 amide bonds. The summed E-state index contributed by atoms with van der Waals surface area (Å²) in [6, 6.07) is 5.56. The van der Waals surface area contributed by atoms with E-state index >= 15 is 0 Å². The summed E-state index contributed by atoms with van der Waals surface area (Å²) < 4.78 is 5.16. The van der Waals surface area contributed by atoms with Crippen LogP contribution >= 0.6 is 0 Å². The minimum Gasteiger partial charge on any atom is -0.496 e. The van der Waals surface area contributed by atoms with Crippen molar-refractivity contribution in [3.8, 4) is 5.75 Å². The molecular formula is C10H13NO2. The molecule has 0 radical (unpaired) electrons. The van der Waals surface area contributed by atoms with Crippen LogP contribution in [0.2, 0.25) is 0 Å². The Morgan fingerprint density at radius 3 is 3.00 bits per heavy atom. The lowest BCUT2D eigenvalue weighted by Gasteiger charge is -2.11. The predicted octanol–water partition coefficient (Wildman–Crippen LogP) is 0.612. The van der Waals surface area contributed by atoms with Gasteiger partial charge < -0.3 is 15.6 Å². The second-order valence-corrected chi connectivity index (χ2v) is 3.35. The van der Waals surface area contributed by atoms with Gasteiger partial charge in [-0.2, -0.15) is 0 Å². The summed E-state index contributed by atoms with van der Waals surface area (Å²) in [6.07, 6.45) is 0.152. The average Bonchev–Trinajstić information content (AvgIpc) is 2.43. The molecule has 0 heterocycles. The summed E-state index contributed by atoms with van der Waals surface area (Å²) in [7, 11) is 1.60. The minimum absolute atomic E-state index is 0.189. The SMILES string of the molecule is COc1cccc2c1[C@H](O)[C@@H](N)C2. The largest absolute Gasteiger partial charge is 0.496 e. The van der Waals surface area contributed by atoms with Crippen LogP contribution in [0.3, 0.4) is 0 Å². The molecule has 0 aliphatic heterocycles. The third-order valence-electron chi connectivity index (χ3n) is 2.53. The normalized spacial score (nSPS) is 25.8. The Balaban J connectivity index is 2.51. The van der Waals surface area contributed by atoms with Gasteiger partial charge >= 0.3 is 0 Å². The minimum atomic E-state index is -0.578. The van der Waals surface area contributed by atoms with Crippen molar-refractivity contribution in [3.05, 3.63) is 29.3 Å². The van der Waals surface area contributed by atoms with E-state index in [4.69, 9.17) is 10.5 Å². The Morgan fingerprint density at radius 1 is 1.54 bits per heavy atom. The van der Waals surface area contributed by atoms with E-state index in [0.717, 1.165) is 23.3 Å². The molecule has 0 fully saturated rings. The highest BCUT2D eigenvalue weighted by atomic mass is 16.5. The van der Waals surface area contributed by atoms with Crippen LogP contribution in [0.15, 0.2) is 18.2 Å². The van der Waals surface area contributed by atoms with E-state index in [9.17, 15) is 5.11 Å². The zero-order chi connectivity index (χ0) is 9.42. The topological polar surface area (TPSA) is 55.5 Å². The van der Waals surface area contributed by atoms with Gasteiger partial charge in [-0.3, -0.25) is 0 Å². The number of hydrogen-bond donors (Lipinski definition) is 2. The van der Waals surface area contributed by atoms with Gasteiger partial charge in [0.2, 0.25) is 0 Å². The molecule has 3 nitrogen and oxygen atoms in total. The molecule has 2 atom stereocenters. The van der Waals surface area contributed by atoms with Crippen molar-refractivity contribution in [2.45, 2.75) is 18.6 Å². The molecular weight excluding hydrogens is 166 g/mol. The first kappa shape index (κ1) is 8.53. The molecule has 1 aliphatic carbocycles. The van der Waals surface area contributed by atoms with Crippen LogP contribution in [0, 0.1) is 0 Å². The third kappa shape index (κ3) is 1.20. The smallest absolute Gasteiger partial charge is 0.124 e. The van der Waals surface area contributed by atoms with Crippen LogP contribution in [-0.4, -0.2) is 18.3 Å². The molecule has 70 valence electrons. The zero-order valence-corrected chi connectivity index (χ0v) is 7.53. The van der Waals surface area contributed by atoms with Crippen LogP contribution in [0.25, 0.3) is 0 Å². The van der Waals surface area contributed by atoms with E-state index in [1.807, 2.05) is 18.2 Å². The van der Waals surface area contributed by atoms with Crippen LogP contribution in [0.4, 0.5) is 0 Å². The van der Waals surface area contributed by atoms with Gasteiger partial charge in [0.15, 0.2) is 0 Å². The van der Waals surface area contributed by atoms with Gasteiger partial charge in [-0.1, -0.05) is 12.1 Å². The van der Waals surface area contributed by atoms with Gasteiger partial charge in [0.25, 0.3) is 0 Å². The molecule has 0 saturated heterocycles. The summed E-state index contributed by atoms with van der Waals surface area (Å²) in [5.74, 6) is 0.734. The Hall–Kier alpha value is -1.06. The van der Waals surface area contributed by atoms with E-state index in [0.29, 0.717) is 0 Å². The number of aliphatic hydroxyl groups is 1. The molecule has 1 aromatic carbocycles. The van der Waals surface area contributed by atoms with Crippen LogP contribution in [-0.2, 0) is 6.42 Å². The van der Waals surface area contributed by atoms with Crippen LogP contribution in [0.1, 0.15) is 17.2 Å². The van der Waals surface area contributed by atoms with Crippen molar-refractivity contribution in [1.29, 1.82) is 0 Å². The number of nitrogens with two attached hydrogens (primary N) is 1. The van der Waals surface area contributed by atoms with E-state index in [1.165, 1.54) is 0 Å². The number of aliphatic hydroxyl groups excluding tert-OH is 1. The summed E-state index contributed by atoms with van der Waals surface area (Å²) in [6.45, 7) is 0. The lowest BCUT2D eigenvalue weighted by atomic mass is 10.1. The molecule has 1 aliphatic rings. The fourth-order valence-electron chi connectivity index (χ4n) is 1.86. The highest BCUT2D eigenvalue weighted by Crippen LogP contribution is 2.36. The van der Waals surface area contributed by atoms with Crippen molar-refractivity contribution < 1.29 is 9.84 Å². The number of fused-ring (bicyclic) bond motifs is 1. The van der Waals surface area contributed by atoms with Crippen molar-refractivity contribution in [2.75, 3.05) is 7.11 Å². The predicted molar refractivity (Wildman–Crippen MR) is 49.6 cm³/mol. The Morgan fingerprint density at radius 2 is 2.31 bits per heavy atom. The number of rotatable bonds is 1. The molecule has 0 aromatic heterocycles. The van der Waals surface area contributed by atoms with Crippen molar-refractivity contribution in [3.63, 3.8) is 0 Å². The average molecular weight is 179 g/mol. The number of hydrogen-bond acceptors (Lipinski definition) is 3. The Kier molecular flexibility index (Phi) is 1.98. The summed E-state index contributed by atoms with van der Waals surface area (Å²) in [5.41, 5.74) is 7.70. The molecule has 0 spiro atoms. The van der Waals surface area contributed by atoms with Gasteiger partial charge in [0.1, 0.15) is 5.75 Å². The van der Waals surface area contributed by atoms with E-state index < -0.39 is 6.10 Å². The number of ether oxygens (including phenoxy) is 1. The van der Waals surface area contributed by atoms with Gasteiger partial charge in [0, 0.05) is 11.6 Å². The molecule has 2 rings (SSSR count). The van der Waals surface area contributed by atoms with Gasteiger partial charge in [-0.05, 0) is 18.1 Å². The zero-order valence-electron chi connectivity index (χ0n) is 7.53. The standard InChI is InChI=1S/C10H13NO2/c1-13-8-4-2-3-6-5-7(11)10(12)9(6)8/h2-4,7,10,12H,5,11H2,1H3/t7-,10+/m0/s1. The third-order valence-corrected chi connectivity index (χ3v) is 2.53. The van der Waals surface area contributed by atoms with Gasteiger partial charge in [0.05, 0.1) is 13.2 Å². The van der Waals surface area contributed by atoms with E-state index in [-0.39, 0.29) is 6.04 Å². The molecule has 13 heavy (non-hydrogen) atoms. The lowest BCUT2D eigenvalue weighted by Crippen LogP contribution is -2.24. The highest BCUT2D eigenvalue weighted by Gasteiger charge is 2.30. The monoisotopic (exact) mass is 179 g/mol. The maximum Gasteiger partial charge on any atom is 0.124 e. The fourth-order valence-corrected chi connectivity index (χ4v) is 1.86. The lowest BCUT2D eigenvalue weighted by molar-refractivity contribution is 0.156. The van der Waals surface area contributed by atoms with Crippen molar-refractivity contribution in [1.82, 2.24) is 0 Å². The second-order valence-electron chi connectivity index (χ2n) is 3.35. The van der Waals surface area contributed by atoms with Crippen LogP contribution < -0.4 is 10.5 Å². The summed E-state index contributed by atoms with van der Waals surface area (Å²) in [5, 5.41) is 9.76.